The lowest BCUT2D eigenvalue weighted by Crippen LogP contribution is -2.18. The largest absolute Gasteiger partial charge is 0.492 e. The number of aromatic nitrogens is 2. The molecule has 1 N–H and O–H groups in total. The normalized spacial score (nSPS) is 14.8. The monoisotopic (exact) mass is 312 g/mol. The Bertz CT molecular complexity index is 756. The minimum atomic E-state index is -0.225. The van der Waals surface area contributed by atoms with Crippen LogP contribution in [0.2, 0.25) is 0 Å². The first-order valence-corrected chi connectivity index (χ1v) is 7.45. The summed E-state index contributed by atoms with van der Waals surface area (Å²) in [5.41, 5.74) is 2.07. The van der Waals surface area contributed by atoms with Gasteiger partial charge in [-0.25, -0.2) is 9.97 Å². The highest BCUT2D eigenvalue weighted by Crippen LogP contribution is 2.40. The van der Waals surface area contributed by atoms with Crippen LogP contribution in [0.15, 0.2) is 30.7 Å². The zero-order chi connectivity index (χ0) is 16.6. The van der Waals surface area contributed by atoms with Crippen molar-refractivity contribution < 1.29 is 9.53 Å². The van der Waals surface area contributed by atoms with Gasteiger partial charge in [0.2, 0.25) is 0 Å². The van der Waals surface area contributed by atoms with Crippen LogP contribution in [0.1, 0.15) is 29.8 Å². The molecule has 1 amide bonds. The van der Waals surface area contributed by atoms with Crippen molar-refractivity contribution in [1.29, 1.82) is 0 Å². The minimum absolute atomic E-state index is 0.0870. The third-order valence-electron chi connectivity index (χ3n) is 3.93. The zero-order valence-corrected chi connectivity index (χ0v) is 13.8. The lowest BCUT2D eigenvalue weighted by atomic mass is 9.86. The van der Waals surface area contributed by atoms with Crippen LogP contribution in [0.4, 0.5) is 11.5 Å². The van der Waals surface area contributed by atoms with Crippen molar-refractivity contribution in [3.8, 4) is 5.75 Å². The van der Waals surface area contributed by atoms with E-state index in [2.05, 4.69) is 29.1 Å². The minimum Gasteiger partial charge on any atom is -0.492 e. The van der Waals surface area contributed by atoms with Crippen molar-refractivity contribution in [2.75, 3.05) is 30.9 Å². The number of nitrogens with one attached hydrogen (secondary N) is 1. The number of hydrogen-bond acceptors (Lipinski definition) is 5. The lowest BCUT2D eigenvalue weighted by Gasteiger charge is -2.17. The van der Waals surface area contributed by atoms with Crippen LogP contribution >= 0.6 is 0 Å². The molecule has 0 spiro atoms. The molecule has 0 atom stereocenters. The Morgan fingerprint density at radius 1 is 1.35 bits per heavy atom. The van der Waals surface area contributed by atoms with E-state index in [1.54, 1.807) is 12.3 Å². The summed E-state index contributed by atoms with van der Waals surface area (Å²) in [6.45, 7) is 4.79. The fraction of sp³-hybridized carbons (Fsp3) is 0.353. The van der Waals surface area contributed by atoms with Crippen LogP contribution in [0, 0.1) is 0 Å². The molecule has 1 aromatic carbocycles. The van der Waals surface area contributed by atoms with E-state index in [-0.39, 0.29) is 11.3 Å². The Hall–Kier alpha value is -2.63. The fourth-order valence-electron chi connectivity index (χ4n) is 2.69. The summed E-state index contributed by atoms with van der Waals surface area (Å²) in [7, 11) is 3.73. The van der Waals surface area contributed by atoms with Gasteiger partial charge in [0.05, 0.1) is 18.4 Å². The summed E-state index contributed by atoms with van der Waals surface area (Å²) in [5.74, 6) is 1.10. The third kappa shape index (κ3) is 2.72. The summed E-state index contributed by atoms with van der Waals surface area (Å²) in [4.78, 5) is 22.7. The molecule has 2 heterocycles. The van der Waals surface area contributed by atoms with Crippen LogP contribution in [-0.2, 0) is 5.41 Å². The van der Waals surface area contributed by atoms with E-state index in [1.165, 1.54) is 6.33 Å². The summed E-state index contributed by atoms with van der Waals surface area (Å²) in [6, 6.07) is 5.67. The average Bonchev–Trinajstić information content (AvgIpc) is 2.83. The molecule has 1 aliphatic heterocycles. The predicted octanol–water partition coefficient (Wildman–Crippen LogP) is 2.46. The molecule has 0 radical (unpaired) electrons. The van der Waals surface area contributed by atoms with Gasteiger partial charge in [-0.05, 0) is 6.07 Å². The molecule has 120 valence electrons. The van der Waals surface area contributed by atoms with E-state index in [1.807, 2.05) is 31.1 Å². The van der Waals surface area contributed by atoms with Crippen LogP contribution in [-0.4, -0.2) is 36.6 Å². The number of amides is 1. The van der Waals surface area contributed by atoms with Gasteiger partial charge < -0.3 is 15.0 Å². The summed E-state index contributed by atoms with van der Waals surface area (Å²) in [6.07, 6.45) is 3.05. The first kappa shape index (κ1) is 15.3. The molecule has 0 saturated heterocycles. The smallest absolute Gasteiger partial charge is 0.259 e. The number of para-hydroxylation sites is 1. The van der Waals surface area contributed by atoms with Crippen molar-refractivity contribution >= 4 is 17.4 Å². The van der Waals surface area contributed by atoms with Gasteiger partial charge >= 0.3 is 0 Å². The number of carbonyl (C=O) groups is 1. The fourth-order valence-corrected chi connectivity index (χ4v) is 2.69. The van der Waals surface area contributed by atoms with Crippen LogP contribution in [0.5, 0.6) is 5.75 Å². The quantitative estimate of drug-likeness (QED) is 0.943. The van der Waals surface area contributed by atoms with E-state index < -0.39 is 0 Å². The molecule has 2 aromatic rings. The molecule has 0 bridgehead atoms. The van der Waals surface area contributed by atoms with E-state index in [0.717, 1.165) is 5.56 Å². The molecule has 0 aliphatic carbocycles. The highest BCUT2D eigenvalue weighted by atomic mass is 16.5. The third-order valence-corrected chi connectivity index (χ3v) is 3.93. The first-order chi connectivity index (χ1) is 10.9. The van der Waals surface area contributed by atoms with Crippen molar-refractivity contribution in [2.24, 2.45) is 0 Å². The van der Waals surface area contributed by atoms with Gasteiger partial charge in [0.25, 0.3) is 5.91 Å². The number of anilines is 2. The molecule has 23 heavy (non-hydrogen) atoms. The van der Waals surface area contributed by atoms with Crippen molar-refractivity contribution in [2.45, 2.75) is 19.3 Å². The zero-order valence-electron chi connectivity index (χ0n) is 13.8. The van der Waals surface area contributed by atoms with Gasteiger partial charge in [0.15, 0.2) is 5.82 Å². The molecular weight excluding hydrogens is 292 g/mol. The van der Waals surface area contributed by atoms with Crippen LogP contribution in [0.3, 0.4) is 0 Å². The van der Waals surface area contributed by atoms with E-state index in [9.17, 15) is 4.79 Å². The second-order valence-electron chi connectivity index (χ2n) is 6.46. The van der Waals surface area contributed by atoms with Gasteiger partial charge in [0, 0.05) is 25.1 Å². The van der Waals surface area contributed by atoms with Crippen molar-refractivity contribution in [1.82, 2.24) is 9.97 Å². The second kappa shape index (κ2) is 5.53. The highest BCUT2D eigenvalue weighted by Gasteiger charge is 2.34. The van der Waals surface area contributed by atoms with Gasteiger partial charge in [-0.15, -0.1) is 0 Å². The van der Waals surface area contributed by atoms with Crippen molar-refractivity contribution in [3.05, 3.63) is 41.9 Å². The molecule has 6 heteroatoms. The molecule has 0 fully saturated rings. The number of ether oxygens (including phenoxy) is 1. The Balaban J connectivity index is 1.93. The van der Waals surface area contributed by atoms with Crippen molar-refractivity contribution in [3.63, 3.8) is 0 Å². The molecule has 3 rings (SSSR count). The highest BCUT2D eigenvalue weighted by molar-refractivity contribution is 6.07. The standard InChI is InChI=1S/C17H20N4O2/c1-17(2)9-23-14-11(6-5-7-12(14)17)16(22)20-13-8-18-10-19-15(13)21(3)4/h5-8,10H,9H2,1-4H3,(H,20,22). The molecule has 0 saturated carbocycles. The predicted molar refractivity (Wildman–Crippen MR) is 89.3 cm³/mol. The number of hydrogen-bond donors (Lipinski definition) is 1. The van der Waals surface area contributed by atoms with Gasteiger partial charge in [-0.2, -0.15) is 0 Å². The first-order valence-electron chi connectivity index (χ1n) is 7.45. The molecule has 6 nitrogen and oxygen atoms in total. The average molecular weight is 312 g/mol. The van der Waals surface area contributed by atoms with E-state index in [4.69, 9.17) is 4.74 Å². The maximum Gasteiger partial charge on any atom is 0.259 e. The Kier molecular flexibility index (Phi) is 3.67. The van der Waals surface area contributed by atoms with Crippen LogP contribution < -0.4 is 15.0 Å². The maximum absolute atomic E-state index is 12.7. The summed E-state index contributed by atoms with van der Waals surface area (Å²) >= 11 is 0. The molecule has 1 aromatic heterocycles. The summed E-state index contributed by atoms with van der Waals surface area (Å²) in [5, 5.41) is 2.88. The number of fused-ring (bicyclic) bond motifs is 1. The lowest BCUT2D eigenvalue weighted by molar-refractivity contribution is 0.102. The number of nitrogens with zero attached hydrogens (tertiary/aromatic N) is 3. The number of carbonyl (C=O) groups excluding carboxylic acids is 1. The number of benzene rings is 1. The topological polar surface area (TPSA) is 67.4 Å². The Labute approximate surface area is 135 Å². The van der Waals surface area contributed by atoms with E-state index >= 15 is 0 Å². The van der Waals surface area contributed by atoms with Gasteiger partial charge in [0.1, 0.15) is 17.8 Å². The SMILES string of the molecule is CN(C)c1ncncc1NC(=O)c1cccc2c1OCC2(C)C. The molecular formula is C17H20N4O2. The van der Waals surface area contributed by atoms with Gasteiger partial charge in [-0.3, -0.25) is 4.79 Å². The second-order valence-corrected chi connectivity index (χ2v) is 6.46. The maximum atomic E-state index is 12.7. The van der Waals surface area contributed by atoms with Gasteiger partial charge in [-0.1, -0.05) is 26.0 Å². The van der Waals surface area contributed by atoms with E-state index in [0.29, 0.717) is 29.4 Å². The number of rotatable bonds is 3. The Morgan fingerprint density at radius 2 is 2.13 bits per heavy atom. The Morgan fingerprint density at radius 3 is 2.87 bits per heavy atom. The molecule has 0 unspecified atom stereocenters. The summed E-state index contributed by atoms with van der Waals surface area (Å²) < 4.78 is 5.78. The molecule has 1 aliphatic rings. The van der Waals surface area contributed by atoms with Crippen LogP contribution in [0.25, 0.3) is 0 Å².